The maximum atomic E-state index is 12.9. The summed E-state index contributed by atoms with van der Waals surface area (Å²) in [5.74, 6) is -0.967. The molecule has 0 aliphatic rings. The second-order valence-corrected chi connectivity index (χ2v) is 9.58. The lowest BCUT2D eigenvalue weighted by molar-refractivity contribution is -0.121. The van der Waals surface area contributed by atoms with Crippen molar-refractivity contribution in [2.75, 3.05) is 22.5 Å². The number of carbonyl (C=O) groups excluding carboxylic acids is 2. The summed E-state index contributed by atoms with van der Waals surface area (Å²) in [4.78, 5) is 24.5. The molecule has 9 nitrogen and oxygen atoms in total. The smallest absolute Gasteiger partial charge is 0.263 e. The Kier molecular flexibility index (Phi) is 8.74. The van der Waals surface area contributed by atoms with E-state index >= 15 is 0 Å². The molecule has 0 heterocycles. The summed E-state index contributed by atoms with van der Waals surface area (Å²) in [5.41, 5.74) is 3.81. The van der Waals surface area contributed by atoms with E-state index in [1.807, 2.05) is 0 Å². The average molecular weight is 513 g/mol. The number of amides is 2. The first kappa shape index (κ1) is 26.4. The van der Waals surface area contributed by atoms with Crippen molar-refractivity contribution >= 4 is 39.4 Å². The zero-order chi connectivity index (χ0) is 26.1. The fourth-order valence-corrected chi connectivity index (χ4v) is 4.35. The van der Waals surface area contributed by atoms with Gasteiger partial charge in [-0.2, -0.15) is 5.10 Å². The van der Waals surface area contributed by atoms with Gasteiger partial charge in [0.1, 0.15) is 17.6 Å². The highest BCUT2D eigenvalue weighted by atomic mass is 32.2. The largest absolute Gasteiger partial charge is 0.484 e. The highest BCUT2D eigenvalue weighted by molar-refractivity contribution is 7.92. The third kappa shape index (κ3) is 7.64. The van der Waals surface area contributed by atoms with Crippen molar-refractivity contribution in [2.45, 2.75) is 13.0 Å². The van der Waals surface area contributed by atoms with Crippen LogP contribution in [0.4, 0.5) is 15.8 Å². The Bertz CT molecular complexity index is 1310. The molecule has 3 rings (SSSR count). The zero-order valence-electron chi connectivity index (χ0n) is 19.6. The van der Waals surface area contributed by atoms with Gasteiger partial charge in [0.2, 0.25) is 10.0 Å². The van der Waals surface area contributed by atoms with Crippen LogP contribution in [0.2, 0.25) is 0 Å². The van der Waals surface area contributed by atoms with Crippen molar-refractivity contribution in [3.8, 4) is 5.75 Å². The molecule has 0 saturated heterocycles. The van der Waals surface area contributed by atoms with Crippen LogP contribution < -0.4 is 19.8 Å². The van der Waals surface area contributed by atoms with Crippen molar-refractivity contribution in [3.63, 3.8) is 0 Å². The van der Waals surface area contributed by atoms with E-state index in [0.717, 1.165) is 10.6 Å². The molecule has 0 radical (unpaired) electrons. The van der Waals surface area contributed by atoms with Gasteiger partial charge in [-0.3, -0.25) is 13.9 Å². The number of nitrogens with zero attached hydrogens (tertiary/aromatic N) is 2. The van der Waals surface area contributed by atoms with Gasteiger partial charge in [-0.15, -0.1) is 0 Å². The summed E-state index contributed by atoms with van der Waals surface area (Å²) in [7, 11) is -3.71. The van der Waals surface area contributed by atoms with E-state index < -0.39 is 33.7 Å². The van der Waals surface area contributed by atoms with Crippen molar-refractivity contribution in [3.05, 3.63) is 90.2 Å². The molecule has 1 unspecified atom stereocenters. The molecular weight excluding hydrogens is 487 g/mol. The number of hydrazone groups is 1. The van der Waals surface area contributed by atoms with Crippen LogP contribution in [0.3, 0.4) is 0 Å². The Labute approximate surface area is 208 Å². The second kappa shape index (κ2) is 11.9. The molecule has 188 valence electrons. The quantitative estimate of drug-likeness (QED) is 0.320. The molecule has 2 N–H and O–H groups in total. The van der Waals surface area contributed by atoms with E-state index in [4.69, 9.17) is 4.74 Å². The van der Waals surface area contributed by atoms with Gasteiger partial charge in [0, 0.05) is 5.69 Å². The third-order valence-corrected chi connectivity index (χ3v) is 6.11. The second-order valence-electron chi connectivity index (χ2n) is 7.72. The fourth-order valence-electron chi connectivity index (χ4n) is 3.18. The summed E-state index contributed by atoms with van der Waals surface area (Å²) in [6.07, 6.45) is 2.42. The number of para-hydroxylation sites is 1. The monoisotopic (exact) mass is 512 g/mol. The summed E-state index contributed by atoms with van der Waals surface area (Å²) >= 11 is 0. The first-order chi connectivity index (χ1) is 17.1. The lowest BCUT2D eigenvalue weighted by Gasteiger charge is -2.27. The molecule has 0 bridgehead atoms. The van der Waals surface area contributed by atoms with E-state index in [9.17, 15) is 22.4 Å². The van der Waals surface area contributed by atoms with E-state index in [1.165, 1.54) is 37.4 Å². The molecule has 0 saturated carbocycles. The van der Waals surface area contributed by atoms with E-state index in [0.29, 0.717) is 22.7 Å². The zero-order valence-corrected chi connectivity index (χ0v) is 20.4. The average Bonchev–Trinajstić information content (AvgIpc) is 2.85. The SMILES string of the molecule is CC(C(=O)N/N=C/c1ccc(OCC(=O)Nc2ccc(F)cc2)cc1)N(c1ccccc1)S(C)(=O)=O. The lowest BCUT2D eigenvalue weighted by atomic mass is 10.2. The molecule has 0 aromatic heterocycles. The molecule has 0 fully saturated rings. The van der Waals surface area contributed by atoms with Crippen LogP contribution >= 0.6 is 0 Å². The van der Waals surface area contributed by atoms with Gasteiger partial charge in [0.05, 0.1) is 18.2 Å². The number of hydrogen-bond donors (Lipinski definition) is 2. The Balaban J connectivity index is 1.51. The summed E-state index contributed by atoms with van der Waals surface area (Å²) in [6, 6.07) is 19.2. The Hall–Kier alpha value is -4.25. The number of halogens is 1. The number of rotatable bonds is 10. The number of nitrogens with one attached hydrogen (secondary N) is 2. The summed E-state index contributed by atoms with van der Waals surface area (Å²) in [5, 5.41) is 6.49. The highest BCUT2D eigenvalue weighted by Gasteiger charge is 2.28. The molecular formula is C25H25FN4O5S. The van der Waals surface area contributed by atoms with Crippen molar-refractivity contribution in [1.29, 1.82) is 0 Å². The molecule has 36 heavy (non-hydrogen) atoms. The Morgan fingerprint density at radius 3 is 2.28 bits per heavy atom. The minimum atomic E-state index is -3.71. The van der Waals surface area contributed by atoms with Crippen molar-refractivity contribution in [1.82, 2.24) is 5.43 Å². The third-order valence-electron chi connectivity index (χ3n) is 4.87. The lowest BCUT2D eigenvalue weighted by Crippen LogP contribution is -2.46. The van der Waals surface area contributed by atoms with Crippen LogP contribution in [0, 0.1) is 5.82 Å². The fraction of sp³-hybridized carbons (Fsp3) is 0.160. The molecule has 2 amide bonds. The first-order valence-corrected chi connectivity index (χ1v) is 12.6. The first-order valence-electron chi connectivity index (χ1n) is 10.8. The van der Waals surface area contributed by atoms with Crippen LogP contribution in [-0.4, -0.2) is 45.4 Å². The molecule has 3 aromatic carbocycles. The van der Waals surface area contributed by atoms with Gasteiger partial charge >= 0.3 is 0 Å². The predicted molar refractivity (Wildman–Crippen MR) is 136 cm³/mol. The molecule has 3 aromatic rings. The minimum Gasteiger partial charge on any atom is -0.484 e. The van der Waals surface area contributed by atoms with Crippen LogP contribution in [0.15, 0.2) is 84.0 Å². The van der Waals surface area contributed by atoms with E-state index in [-0.39, 0.29) is 6.61 Å². The van der Waals surface area contributed by atoms with Gasteiger partial charge in [0.15, 0.2) is 6.61 Å². The maximum absolute atomic E-state index is 12.9. The number of benzene rings is 3. The molecule has 0 aliphatic carbocycles. The van der Waals surface area contributed by atoms with Gasteiger partial charge in [-0.1, -0.05) is 18.2 Å². The minimum absolute atomic E-state index is 0.239. The number of sulfonamides is 1. The van der Waals surface area contributed by atoms with Crippen molar-refractivity contribution < 1.29 is 27.1 Å². The topological polar surface area (TPSA) is 117 Å². The van der Waals surface area contributed by atoms with E-state index in [1.54, 1.807) is 54.6 Å². The predicted octanol–water partition coefficient (Wildman–Crippen LogP) is 3.15. The van der Waals surface area contributed by atoms with Crippen LogP contribution in [0.5, 0.6) is 5.75 Å². The molecule has 0 spiro atoms. The van der Waals surface area contributed by atoms with E-state index in [2.05, 4.69) is 15.8 Å². The van der Waals surface area contributed by atoms with Gasteiger partial charge in [-0.25, -0.2) is 18.2 Å². The maximum Gasteiger partial charge on any atom is 0.263 e. The number of carbonyl (C=O) groups is 2. The highest BCUT2D eigenvalue weighted by Crippen LogP contribution is 2.20. The number of ether oxygens (including phenoxy) is 1. The van der Waals surface area contributed by atoms with Crippen LogP contribution in [-0.2, 0) is 19.6 Å². The molecule has 0 aliphatic heterocycles. The molecule has 1 atom stereocenters. The van der Waals surface area contributed by atoms with Gasteiger partial charge < -0.3 is 10.1 Å². The Morgan fingerprint density at radius 1 is 1.03 bits per heavy atom. The summed E-state index contributed by atoms with van der Waals surface area (Å²) < 4.78 is 43.9. The Morgan fingerprint density at radius 2 is 1.67 bits per heavy atom. The van der Waals surface area contributed by atoms with Gasteiger partial charge in [-0.05, 0) is 73.2 Å². The molecule has 11 heteroatoms. The van der Waals surface area contributed by atoms with Crippen molar-refractivity contribution in [2.24, 2.45) is 5.10 Å². The summed E-state index contributed by atoms with van der Waals surface area (Å²) in [6.45, 7) is 1.23. The van der Waals surface area contributed by atoms with Crippen LogP contribution in [0.25, 0.3) is 0 Å². The number of hydrogen-bond acceptors (Lipinski definition) is 6. The number of anilines is 2. The standard InChI is InChI=1S/C25H25FN4O5S/c1-18(30(36(2,33)34)22-6-4-3-5-7-22)25(32)29-27-16-19-8-14-23(15-9-19)35-17-24(31)28-21-12-10-20(26)11-13-21/h3-16,18H,17H2,1-2H3,(H,28,31)(H,29,32)/b27-16+. The van der Waals surface area contributed by atoms with Gasteiger partial charge in [0.25, 0.3) is 11.8 Å². The normalized spacial score (nSPS) is 12.1. The van der Waals surface area contributed by atoms with Crippen LogP contribution in [0.1, 0.15) is 12.5 Å².